The Labute approximate surface area is 218 Å². The monoisotopic (exact) mass is 539 g/mol. The van der Waals surface area contributed by atoms with Gasteiger partial charge in [0, 0.05) is 24.0 Å². The number of aryl methyl sites for hydroxylation is 1. The van der Waals surface area contributed by atoms with Gasteiger partial charge in [-0.05, 0) is 44.3 Å². The number of aromatic nitrogens is 2. The summed E-state index contributed by atoms with van der Waals surface area (Å²) in [6.45, 7) is 2.99. The van der Waals surface area contributed by atoms with Gasteiger partial charge in [0.2, 0.25) is 0 Å². The van der Waals surface area contributed by atoms with Crippen LogP contribution in [0.3, 0.4) is 0 Å². The lowest BCUT2D eigenvalue weighted by molar-refractivity contribution is -0.167. The molecular weight excluding hydrogens is 511 g/mol. The first kappa shape index (κ1) is 28.3. The molecule has 0 saturated carbocycles. The number of amides is 1. The second-order valence-electron chi connectivity index (χ2n) is 8.53. The number of fused-ring (bicyclic) bond motifs is 1. The molecule has 0 aliphatic rings. The molecule has 0 atom stereocenters. The third kappa shape index (κ3) is 7.14. The summed E-state index contributed by atoms with van der Waals surface area (Å²) < 4.78 is 50.5. The van der Waals surface area contributed by atoms with E-state index < -0.39 is 12.1 Å². The molecule has 0 radical (unpaired) electrons. The highest BCUT2D eigenvalue weighted by Gasteiger charge is 2.39. The SMILES string of the molecule is CCCc1c(OCCN(C)C)c(NC(=O)C(F)(F)F)cc2c(NCc3ccc(OC)c(Cl)c3)ncnc12. The van der Waals surface area contributed by atoms with Gasteiger partial charge in [0.1, 0.15) is 30.3 Å². The van der Waals surface area contributed by atoms with Gasteiger partial charge in [0.05, 0.1) is 23.3 Å². The van der Waals surface area contributed by atoms with Gasteiger partial charge in [-0.3, -0.25) is 4.79 Å². The summed E-state index contributed by atoms with van der Waals surface area (Å²) in [6, 6.07) is 6.71. The Morgan fingerprint density at radius 2 is 1.95 bits per heavy atom. The molecule has 0 unspecified atom stereocenters. The Morgan fingerprint density at radius 3 is 2.57 bits per heavy atom. The quantitative estimate of drug-likeness (QED) is 0.342. The van der Waals surface area contributed by atoms with Crippen molar-refractivity contribution in [1.82, 2.24) is 14.9 Å². The van der Waals surface area contributed by atoms with Crippen molar-refractivity contribution >= 4 is 39.9 Å². The summed E-state index contributed by atoms with van der Waals surface area (Å²) in [5.41, 5.74) is 1.86. The summed E-state index contributed by atoms with van der Waals surface area (Å²) in [5.74, 6) is -1.00. The van der Waals surface area contributed by atoms with Crippen LogP contribution in [0.25, 0.3) is 10.9 Å². The molecule has 0 bridgehead atoms. The van der Waals surface area contributed by atoms with E-state index in [-0.39, 0.29) is 18.0 Å². The molecule has 2 aromatic carbocycles. The van der Waals surface area contributed by atoms with Crippen LogP contribution in [0.4, 0.5) is 24.7 Å². The summed E-state index contributed by atoms with van der Waals surface area (Å²) in [4.78, 5) is 22.5. The highest BCUT2D eigenvalue weighted by atomic mass is 35.5. The van der Waals surface area contributed by atoms with Gasteiger partial charge in [-0.1, -0.05) is 31.0 Å². The zero-order chi connectivity index (χ0) is 27.2. The lowest BCUT2D eigenvalue weighted by Gasteiger charge is -2.21. The molecule has 0 aliphatic heterocycles. The van der Waals surface area contributed by atoms with E-state index >= 15 is 0 Å². The molecule has 1 heterocycles. The van der Waals surface area contributed by atoms with E-state index in [1.807, 2.05) is 37.3 Å². The maximum Gasteiger partial charge on any atom is 0.471 e. The van der Waals surface area contributed by atoms with Gasteiger partial charge >= 0.3 is 12.1 Å². The number of ether oxygens (including phenoxy) is 2. The number of alkyl halides is 3. The van der Waals surface area contributed by atoms with Crippen molar-refractivity contribution in [2.24, 2.45) is 0 Å². The van der Waals surface area contributed by atoms with Crippen LogP contribution in [0.1, 0.15) is 24.5 Å². The Bertz CT molecular complexity index is 1250. The summed E-state index contributed by atoms with van der Waals surface area (Å²) in [5, 5.41) is 6.07. The molecule has 0 saturated heterocycles. The zero-order valence-corrected chi connectivity index (χ0v) is 21.8. The first-order valence-corrected chi connectivity index (χ1v) is 12.0. The van der Waals surface area contributed by atoms with E-state index in [9.17, 15) is 18.0 Å². The minimum atomic E-state index is -5.07. The first-order chi connectivity index (χ1) is 17.5. The van der Waals surface area contributed by atoms with Crippen molar-refractivity contribution in [3.63, 3.8) is 0 Å². The van der Waals surface area contributed by atoms with Crippen molar-refractivity contribution in [1.29, 1.82) is 0 Å². The maximum atomic E-state index is 13.1. The molecule has 2 N–H and O–H groups in total. The fraction of sp³-hybridized carbons (Fsp3) is 0.400. The molecule has 37 heavy (non-hydrogen) atoms. The van der Waals surface area contributed by atoms with Crippen molar-refractivity contribution in [2.75, 3.05) is 45.0 Å². The first-order valence-electron chi connectivity index (χ1n) is 11.6. The summed E-state index contributed by atoms with van der Waals surface area (Å²) in [7, 11) is 5.22. The normalized spacial score (nSPS) is 11.6. The number of hydrogen-bond donors (Lipinski definition) is 2. The highest BCUT2D eigenvalue weighted by Crippen LogP contribution is 2.39. The fourth-order valence-corrected chi connectivity index (χ4v) is 3.94. The molecule has 8 nitrogen and oxygen atoms in total. The summed E-state index contributed by atoms with van der Waals surface area (Å²) in [6.07, 6.45) is -2.55. The fourth-order valence-electron chi connectivity index (χ4n) is 3.66. The Morgan fingerprint density at radius 1 is 1.19 bits per heavy atom. The van der Waals surface area contributed by atoms with Gasteiger partial charge < -0.3 is 25.0 Å². The largest absolute Gasteiger partial charge is 0.495 e. The molecule has 0 aliphatic carbocycles. The number of carbonyl (C=O) groups excluding carboxylic acids is 1. The maximum absolute atomic E-state index is 13.1. The molecule has 3 aromatic rings. The lowest BCUT2D eigenvalue weighted by Crippen LogP contribution is -2.30. The number of methoxy groups -OCH3 is 1. The number of anilines is 2. The number of halogens is 4. The van der Waals surface area contributed by atoms with Gasteiger partial charge in [-0.2, -0.15) is 13.2 Å². The van der Waals surface area contributed by atoms with E-state index in [0.717, 1.165) is 5.56 Å². The van der Waals surface area contributed by atoms with Crippen LogP contribution in [0.5, 0.6) is 11.5 Å². The Hall–Kier alpha value is -3.31. The van der Waals surface area contributed by atoms with Crippen molar-refractivity contribution in [2.45, 2.75) is 32.5 Å². The van der Waals surface area contributed by atoms with E-state index in [1.54, 1.807) is 12.1 Å². The van der Waals surface area contributed by atoms with Crippen LogP contribution in [-0.4, -0.2) is 61.3 Å². The highest BCUT2D eigenvalue weighted by molar-refractivity contribution is 6.32. The van der Waals surface area contributed by atoms with E-state index in [1.165, 1.54) is 19.5 Å². The number of hydrogen-bond acceptors (Lipinski definition) is 7. The second kappa shape index (κ2) is 12.3. The van der Waals surface area contributed by atoms with Crippen LogP contribution in [-0.2, 0) is 17.8 Å². The van der Waals surface area contributed by atoms with Crippen LogP contribution in [0, 0.1) is 0 Å². The van der Waals surface area contributed by atoms with Crippen molar-refractivity contribution in [3.8, 4) is 11.5 Å². The van der Waals surface area contributed by atoms with Crippen LogP contribution < -0.4 is 20.1 Å². The lowest BCUT2D eigenvalue weighted by atomic mass is 10.0. The van der Waals surface area contributed by atoms with Crippen LogP contribution >= 0.6 is 11.6 Å². The third-order valence-corrected chi connectivity index (χ3v) is 5.74. The van der Waals surface area contributed by atoms with Gasteiger partial charge in [0.25, 0.3) is 0 Å². The summed E-state index contributed by atoms with van der Waals surface area (Å²) >= 11 is 6.22. The van der Waals surface area contributed by atoms with Crippen LogP contribution in [0.2, 0.25) is 5.02 Å². The van der Waals surface area contributed by atoms with Gasteiger partial charge in [0.15, 0.2) is 0 Å². The van der Waals surface area contributed by atoms with E-state index in [2.05, 4.69) is 15.3 Å². The third-order valence-electron chi connectivity index (χ3n) is 5.44. The molecule has 12 heteroatoms. The van der Waals surface area contributed by atoms with Gasteiger partial charge in [-0.15, -0.1) is 0 Å². The Balaban J connectivity index is 2.07. The topological polar surface area (TPSA) is 88.6 Å². The van der Waals surface area contributed by atoms with Gasteiger partial charge in [-0.25, -0.2) is 9.97 Å². The average Bonchev–Trinajstić information content (AvgIpc) is 2.83. The molecular formula is C25H29ClF3N5O3. The molecule has 0 spiro atoms. The Kier molecular flexibility index (Phi) is 9.39. The molecule has 1 amide bonds. The van der Waals surface area contributed by atoms with E-state index in [4.69, 9.17) is 21.1 Å². The number of rotatable bonds is 11. The molecule has 3 rings (SSSR count). The van der Waals surface area contributed by atoms with Crippen molar-refractivity contribution in [3.05, 3.63) is 46.7 Å². The predicted octanol–water partition coefficient (Wildman–Crippen LogP) is 5.30. The number of nitrogens with one attached hydrogen (secondary N) is 2. The number of carbonyl (C=O) groups is 1. The molecule has 200 valence electrons. The standard InChI is InChI=1S/C25H29ClF3N5O3/c1-5-6-16-21-17(12-19(33-24(35)25(27,28)29)22(16)37-10-9-34(2)3)23(32-14-31-21)30-13-15-7-8-20(36-4)18(26)11-15/h7-8,11-12,14H,5-6,9-10,13H2,1-4H3,(H,33,35)(H,30,31,32). The number of likely N-dealkylation sites (N-methyl/N-ethyl adjacent to an activating group) is 1. The van der Waals surface area contributed by atoms with Crippen LogP contribution in [0.15, 0.2) is 30.6 Å². The predicted molar refractivity (Wildman–Crippen MR) is 138 cm³/mol. The second-order valence-corrected chi connectivity index (χ2v) is 8.93. The average molecular weight is 540 g/mol. The number of nitrogens with zero attached hydrogens (tertiary/aromatic N) is 3. The van der Waals surface area contributed by atoms with E-state index in [0.29, 0.717) is 59.0 Å². The minimum Gasteiger partial charge on any atom is -0.495 e. The smallest absolute Gasteiger partial charge is 0.471 e. The van der Waals surface area contributed by atoms with Crippen molar-refractivity contribution < 1.29 is 27.4 Å². The number of benzene rings is 2. The minimum absolute atomic E-state index is 0.0950. The zero-order valence-electron chi connectivity index (χ0n) is 21.0. The molecule has 0 fully saturated rings. The molecule has 1 aromatic heterocycles.